The lowest BCUT2D eigenvalue weighted by molar-refractivity contribution is -0.124. The van der Waals surface area contributed by atoms with E-state index in [-0.39, 0.29) is 22.8 Å². The highest BCUT2D eigenvalue weighted by molar-refractivity contribution is 7.89. The number of amides is 1. The molecule has 1 heterocycles. The molecule has 0 spiro atoms. The normalized spacial score (nSPS) is 19.6. The van der Waals surface area contributed by atoms with E-state index in [1.807, 2.05) is 13.8 Å². The van der Waals surface area contributed by atoms with Gasteiger partial charge in [0.1, 0.15) is 5.75 Å². The quantitative estimate of drug-likeness (QED) is 0.884. The molecule has 1 unspecified atom stereocenters. The molecule has 0 bridgehead atoms. The summed E-state index contributed by atoms with van der Waals surface area (Å²) in [7, 11) is -2.01. The van der Waals surface area contributed by atoms with Gasteiger partial charge in [-0.25, -0.2) is 8.42 Å². The average Bonchev–Trinajstić information content (AvgIpc) is 2.55. The fourth-order valence-corrected chi connectivity index (χ4v) is 4.07. The van der Waals surface area contributed by atoms with Crippen LogP contribution in [0.1, 0.15) is 26.7 Å². The van der Waals surface area contributed by atoms with Gasteiger partial charge in [-0.15, -0.1) is 0 Å². The molecule has 1 saturated heterocycles. The monoisotopic (exact) mass is 340 g/mol. The van der Waals surface area contributed by atoms with E-state index in [0.717, 1.165) is 12.8 Å². The molecule has 1 atom stereocenters. The number of benzene rings is 1. The van der Waals surface area contributed by atoms with E-state index in [1.165, 1.54) is 11.4 Å². The van der Waals surface area contributed by atoms with Crippen molar-refractivity contribution in [2.75, 3.05) is 20.2 Å². The van der Waals surface area contributed by atoms with Gasteiger partial charge in [0.05, 0.1) is 12.0 Å². The van der Waals surface area contributed by atoms with Crippen molar-refractivity contribution < 1.29 is 17.9 Å². The third-order valence-electron chi connectivity index (χ3n) is 3.95. The summed E-state index contributed by atoms with van der Waals surface area (Å²) in [6.45, 7) is 4.43. The van der Waals surface area contributed by atoms with Gasteiger partial charge in [-0.2, -0.15) is 4.31 Å². The van der Waals surface area contributed by atoms with Crippen LogP contribution in [0.4, 0.5) is 0 Å². The molecular formula is C16H24N2O4S. The molecule has 2 rings (SSSR count). The fourth-order valence-electron chi connectivity index (χ4n) is 2.54. The number of methoxy groups -OCH3 is 1. The van der Waals surface area contributed by atoms with Crippen LogP contribution >= 0.6 is 0 Å². The standard InChI is InChI=1S/C16H24N2O4S/c1-12(2)16(19)17-13-5-4-10-18(11-13)23(20,21)15-8-6-14(22-3)7-9-15/h6-9,12-13H,4-5,10-11H2,1-3H3,(H,17,19). The second-order valence-corrected chi connectivity index (χ2v) is 7.98. The molecule has 7 heteroatoms. The molecule has 0 saturated carbocycles. The van der Waals surface area contributed by atoms with E-state index in [9.17, 15) is 13.2 Å². The third kappa shape index (κ3) is 4.23. The van der Waals surface area contributed by atoms with Crippen molar-refractivity contribution in [2.45, 2.75) is 37.6 Å². The van der Waals surface area contributed by atoms with Crippen LogP contribution in [0.15, 0.2) is 29.2 Å². The molecule has 1 aromatic carbocycles. The minimum atomic E-state index is -3.55. The maximum Gasteiger partial charge on any atom is 0.243 e. The Kier molecular flexibility index (Phi) is 5.64. The SMILES string of the molecule is COc1ccc(S(=O)(=O)N2CCCC(NC(=O)C(C)C)C2)cc1. The van der Waals surface area contributed by atoms with Crippen LogP contribution in [-0.2, 0) is 14.8 Å². The Bertz CT molecular complexity index is 641. The number of nitrogens with one attached hydrogen (secondary N) is 1. The Balaban J connectivity index is 2.11. The Morgan fingerprint density at radius 2 is 1.96 bits per heavy atom. The van der Waals surface area contributed by atoms with Crippen molar-refractivity contribution in [1.29, 1.82) is 0 Å². The molecule has 6 nitrogen and oxygen atoms in total. The Hall–Kier alpha value is -1.60. The van der Waals surface area contributed by atoms with Gasteiger partial charge in [0, 0.05) is 25.0 Å². The first-order chi connectivity index (χ1) is 10.8. The van der Waals surface area contributed by atoms with Crippen LogP contribution in [-0.4, -0.2) is 44.9 Å². The molecule has 0 aromatic heterocycles. The third-order valence-corrected chi connectivity index (χ3v) is 5.83. The van der Waals surface area contributed by atoms with Gasteiger partial charge >= 0.3 is 0 Å². The van der Waals surface area contributed by atoms with Crippen molar-refractivity contribution >= 4 is 15.9 Å². The molecular weight excluding hydrogens is 316 g/mol. The smallest absolute Gasteiger partial charge is 0.243 e. The minimum absolute atomic E-state index is 0.0429. The number of hydrogen-bond acceptors (Lipinski definition) is 4. The summed E-state index contributed by atoms with van der Waals surface area (Å²) in [5.41, 5.74) is 0. The van der Waals surface area contributed by atoms with Crippen molar-refractivity contribution in [3.8, 4) is 5.75 Å². The van der Waals surface area contributed by atoms with Gasteiger partial charge < -0.3 is 10.1 Å². The van der Waals surface area contributed by atoms with Gasteiger partial charge in [-0.05, 0) is 37.1 Å². The van der Waals surface area contributed by atoms with E-state index in [1.54, 1.807) is 24.3 Å². The predicted octanol–water partition coefficient (Wildman–Crippen LogP) is 1.62. The van der Waals surface area contributed by atoms with Gasteiger partial charge in [-0.1, -0.05) is 13.8 Å². The number of carbonyl (C=O) groups excluding carboxylic acids is 1. The first-order valence-electron chi connectivity index (χ1n) is 7.79. The molecule has 1 aliphatic rings. The van der Waals surface area contributed by atoms with E-state index >= 15 is 0 Å². The summed E-state index contributed by atoms with van der Waals surface area (Å²) in [4.78, 5) is 12.1. The molecule has 23 heavy (non-hydrogen) atoms. The Morgan fingerprint density at radius 1 is 1.30 bits per heavy atom. The zero-order valence-corrected chi connectivity index (χ0v) is 14.6. The van der Waals surface area contributed by atoms with E-state index < -0.39 is 10.0 Å². The van der Waals surface area contributed by atoms with E-state index in [2.05, 4.69) is 5.32 Å². The van der Waals surface area contributed by atoms with Crippen LogP contribution in [0.3, 0.4) is 0 Å². The summed E-state index contributed by atoms with van der Waals surface area (Å²) < 4.78 is 32.0. The number of sulfonamides is 1. The van der Waals surface area contributed by atoms with Crippen molar-refractivity contribution in [1.82, 2.24) is 9.62 Å². The summed E-state index contributed by atoms with van der Waals surface area (Å²) in [6, 6.07) is 6.23. The highest BCUT2D eigenvalue weighted by Gasteiger charge is 2.31. The maximum absolute atomic E-state index is 12.7. The predicted molar refractivity (Wildman–Crippen MR) is 87.8 cm³/mol. The van der Waals surface area contributed by atoms with Crippen molar-refractivity contribution in [2.24, 2.45) is 5.92 Å². The Morgan fingerprint density at radius 3 is 2.52 bits per heavy atom. The fraction of sp³-hybridized carbons (Fsp3) is 0.562. The highest BCUT2D eigenvalue weighted by Crippen LogP contribution is 2.23. The number of carbonyl (C=O) groups is 1. The number of piperidine rings is 1. The second kappa shape index (κ2) is 7.31. The van der Waals surface area contributed by atoms with Gasteiger partial charge in [-0.3, -0.25) is 4.79 Å². The minimum Gasteiger partial charge on any atom is -0.497 e. The maximum atomic E-state index is 12.7. The van der Waals surface area contributed by atoms with Crippen LogP contribution < -0.4 is 10.1 Å². The lowest BCUT2D eigenvalue weighted by Gasteiger charge is -2.32. The summed E-state index contributed by atoms with van der Waals surface area (Å²) in [5, 5.41) is 2.93. The van der Waals surface area contributed by atoms with Crippen molar-refractivity contribution in [3.05, 3.63) is 24.3 Å². The van der Waals surface area contributed by atoms with Crippen molar-refractivity contribution in [3.63, 3.8) is 0 Å². The van der Waals surface area contributed by atoms with Crippen LogP contribution in [0.5, 0.6) is 5.75 Å². The zero-order chi connectivity index (χ0) is 17.0. The second-order valence-electron chi connectivity index (χ2n) is 6.04. The number of nitrogens with zero attached hydrogens (tertiary/aromatic N) is 1. The van der Waals surface area contributed by atoms with Crippen LogP contribution in [0, 0.1) is 5.92 Å². The summed E-state index contributed by atoms with van der Waals surface area (Å²) in [6.07, 6.45) is 1.53. The number of rotatable bonds is 5. The first kappa shape index (κ1) is 17.7. The first-order valence-corrected chi connectivity index (χ1v) is 9.23. The molecule has 1 aliphatic heterocycles. The van der Waals surface area contributed by atoms with Gasteiger partial charge in [0.25, 0.3) is 0 Å². The topological polar surface area (TPSA) is 75.7 Å². The molecule has 1 amide bonds. The summed E-state index contributed by atoms with van der Waals surface area (Å²) >= 11 is 0. The van der Waals surface area contributed by atoms with E-state index in [4.69, 9.17) is 4.74 Å². The molecule has 128 valence electrons. The summed E-state index contributed by atoms with van der Waals surface area (Å²) in [5.74, 6) is 0.465. The average molecular weight is 340 g/mol. The molecule has 1 fully saturated rings. The van der Waals surface area contributed by atoms with E-state index in [0.29, 0.717) is 18.8 Å². The molecule has 1 aromatic rings. The van der Waals surface area contributed by atoms with Crippen LogP contribution in [0.25, 0.3) is 0 Å². The highest BCUT2D eigenvalue weighted by atomic mass is 32.2. The number of ether oxygens (including phenoxy) is 1. The Labute approximate surface area is 137 Å². The van der Waals surface area contributed by atoms with Gasteiger partial charge in [0.2, 0.25) is 15.9 Å². The number of hydrogen-bond donors (Lipinski definition) is 1. The van der Waals surface area contributed by atoms with Gasteiger partial charge in [0.15, 0.2) is 0 Å². The largest absolute Gasteiger partial charge is 0.497 e. The lowest BCUT2D eigenvalue weighted by atomic mass is 10.1. The molecule has 0 aliphatic carbocycles. The molecule has 0 radical (unpaired) electrons. The lowest BCUT2D eigenvalue weighted by Crippen LogP contribution is -2.50. The molecule has 1 N–H and O–H groups in total. The zero-order valence-electron chi connectivity index (χ0n) is 13.8. The van der Waals surface area contributed by atoms with Crippen LogP contribution in [0.2, 0.25) is 0 Å².